The van der Waals surface area contributed by atoms with E-state index in [-0.39, 0.29) is 6.61 Å². The molecule has 0 aromatic carbocycles. The van der Waals surface area contributed by atoms with E-state index in [1.807, 2.05) is 13.8 Å². The quantitative estimate of drug-likeness (QED) is 0.414. The SMILES string of the molecule is CCCCOC[C@@]1(CS(=O)(=O)NC)O[C@H](O)[C@@H](O)C1OCCCC. The van der Waals surface area contributed by atoms with Crippen molar-refractivity contribution in [3.05, 3.63) is 0 Å². The number of hydrogen-bond acceptors (Lipinski definition) is 7. The third-order valence-electron chi connectivity index (χ3n) is 4.01. The van der Waals surface area contributed by atoms with Crippen LogP contribution < -0.4 is 4.72 Å². The maximum absolute atomic E-state index is 12.1. The van der Waals surface area contributed by atoms with Crippen LogP contribution in [0.3, 0.4) is 0 Å². The van der Waals surface area contributed by atoms with Crippen LogP contribution in [0.2, 0.25) is 0 Å². The number of ether oxygens (including phenoxy) is 3. The number of unbranched alkanes of at least 4 members (excludes halogenated alkanes) is 2. The smallest absolute Gasteiger partial charge is 0.214 e. The molecular weight excluding hydrogens is 338 g/mol. The molecule has 0 saturated carbocycles. The number of aliphatic hydroxyl groups excluding tert-OH is 2. The number of rotatable bonds is 12. The fourth-order valence-corrected chi connectivity index (χ4v) is 3.71. The van der Waals surface area contributed by atoms with Gasteiger partial charge in [0.1, 0.15) is 17.8 Å². The van der Waals surface area contributed by atoms with E-state index in [9.17, 15) is 18.6 Å². The first-order chi connectivity index (χ1) is 11.3. The molecule has 4 atom stereocenters. The fourth-order valence-electron chi connectivity index (χ4n) is 2.60. The van der Waals surface area contributed by atoms with Crippen molar-refractivity contribution in [2.45, 2.75) is 63.6 Å². The molecule has 0 spiro atoms. The lowest BCUT2D eigenvalue weighted by molar-refractivity contribution is -0.175. The van der Waals surface area contributed by atoms with Gasteiger partial charge < -0.3 is 24.4 Å². The van der Waals surface area contributed by atoms with Crippen molar-refractivity contribution in [2.75, 3.05) is 32.6 Å². The number of sulfonamides is 1. The minimum Gasteiger partial charge on any atom is -0.385 e. The molecule has 1 unspecified atom stereocenters. The van der Waals surface area contributed by atoms with Crippen molar-refractivity contribution >= 4 is 10.0 Å². The molecule has 3 N–H and O–H groups in total. The lowest BCUT2D eigenvalue weighted by Crippen LogP contribution is -2.54. The van der Waals surface area contributed by atoms with Crippen molar-refractivity contribution in [1.82, 2.24) is 4.72 Å². The first-order valence-electron chi connectivity index (χ1n) is 8.46. The summed E-state index contributed by atoms with van der Waals surface area (Å²) < 4.78 is 43.1. The van der Waals surface area contributed by atoms with Gasteiger partial charge in [-0.15, -0.1) is 0 Å². The monoisotopic (exact) mass is 369 g/mol. The Morgan fingerprint density at radius 2 is 1.79 bits per heavy atom. The summed E-state index contributed by atoms with van der Waals surface area (Å²) in [5, 5.41) is 20.1. The summed E-state index contributed by atoms with van der Waals surface area (Å²) in [6.45, 7) is 4.70. The Labute approximate surface area is 144 Å². The van der Waals surface area contributed by atoms with E-state index in [1.165, 1.54) is 7.05 Å². The summed E-state index contributed by atoms with van der Waals surface area (Å²) in [4.78, 5) is 0. The van der Waals surface area contributed by atoms with Gasteiger partial charge in [-0.1, -0.05) is 26.7 Å². The second-order valence-corrected chi connectivity index (χ2v) is 8.00. The highest BCUT2D eigenvalue weighted by atomic mass is 32.2. The second kappa shape index (κ2) is 10.0. The molecule has 1 aliphatic heterocycles. The molecule has 1 saturated heterocycles. The van der Waals surface area contributed by atoms with Crippen LogP contribution in [-0.2, 0) is 24.2 Å². The van der Waals surface area contributed by atoms with Crippen molar-refractivity contribution in [3.63, 3.8) is 0 Å². The third kappa shape index (κ3) is 5.91. The highest BCUT2D eigenvalue weighted by molar-refractivity contribution is 7.89. The van der Waals surface area contributed by atoms with Crippen LogP contribution in [0.25, 0.3) is 0 Å². The maximum atomic E-state index is 12.1. The average Bonchev–Trinajstić information content (AvgIpc) is 2.76. The normalized spacial score (nSPS) is 30.8. The molecule has 1 fully saturated rings. The molecule has 0 aliphatic carbocycles. The van der Waals surface area contributed by atoms with E-state index in [0.29, 0.717) is 13.2 Å². The van der Waals surface area contributed by atoms with Gasteiger partial charge in [0.05, 0.1) is 12.4 Å². The van der Waals surface area contributed by atoms with Gasteiger partial charge in [0.2, 0.25) is 10.0 Å². The predicted molar refractivity (Wildman–Crippen MR) is 89.1 cm³/mol. The molecule has 144 valence electrons. The molecule has 0 aromatic rings. The van der Waals surface area contributed by atoms with Crippen molar-refractivity contribution < 1.29 is 32.8 Å². The van der Waals surface area contributed by atoms with Crippen LogP contribution in [0.15, 0.2) is 0 Å². The topological polar surface area (TPSA) is 114 Å². The number of aliphatic hydroxyl groups is 2. The Bertz CT molecular complexity index is 459. The Morgan fingerprint density at radius 1 is 1.17 bits per heavy atom. The van der Waals surface area contributed by atoms with Crippen molar-refractivity contribution in [2.24, 2.45) is 0 Å². The van der Waals surface area contributed by atoms with Crippen LogP contribution in [0.1, 0.15) is 39.5 Å². The molecule has 0 radical (unpaired) electrons. The zero-order valence-corrected chi connectivity index (χ0v) is 15.5. The summed E-state index contributed by atoms with van der Waals surface area (Å²) >= 11 is 0. The number of hydrogen-bond donors (Lipinski definition) is 3. The minimum atomic E-state index is -3.67. The molecular formula is C15H31NO7S. The summed E-state index contributed by atoms with van der Waals surface area (Å²) in [7, 11) is -2.37. The Morgan fingerprint density at radius 3 is 2.38 bits per heavy atom. The summed E-state index contributed by atoms with van der Waals surface area (Å²) in [6.07, 6.45) is -0.427. The molecule has 1 aliphatic rings. The average molecular weight is 369 g/mol. The van der Waals surface area contributed by atoms with Crippen LogP contribution in [0.5, 0.6) is 0 Å². The van der Waals surface area contributed by atoms with Gasteiger partial charge in [0.25, 0.3) is 0 Å². The van der Waals surface area contributed by atoms with Gasteiger partial charge in [-0.3, -0.25) is 0 Å². The molecule has 0 amide bonds. The van der Waals surface area contributed by atoms with Crippen molar-refractivity contribution in [3.8, 4) is 0 Å². The van der Waals surface area contributed by atoms with E-state index in [4.69, 9.17) is 14.2 Å². The number of nitrogens with one attached hydrogen (secondary N) is 1. The lowest BCUT2D eigenvalue weighted by atomic mass is 9.98. The zero-order chi connectivity index (χ0) is 18.2. The van der Waals surface area contributed by atoms with E-state index in [2.05, 4.69) is 4.72 Å². The molecule has 1 rings (SSSR count). The molecule has 9 heteroatoms. The van der Waals surface area contributed by atoms with E-state index >= 15 is 0 Å². The highest BCUT2D eigenvalue weighted by Gasteiger charge is 2.57. The van der Waals surface area contributed by atoms with Gasteiger partial charge in [-0.05, 0) is 19.9 Å². The largest absolute Gasteiger partial charge is 0.385 e. The van der Waals surface area contributed by atoms with E-state index in [1.54, 1.807) is 0 Å². The molecule has 0 aromatic heterocycles. The Kier molecular flexibility index (Phi) is 9.07. The first kappa shape index (κ1) is 21.8. The fraction of sp³-hybridized carbons (Fsp3) is 1.00. The molecule has 0 bridgehead atoms. The molecule has 8 nitrogen and oxygen atoms in total. The van der Waals surface area contributed by atoms with Crippen LogP contribution in [0, 0.1) is 0 Å². The van der Waals surface area contributed by atoms with Gasteiger partial charge in [-0.25, -0.2) is 13.1 Å². The van der Waals surface area contributed by atoms with E-state index < -0.39 is 39.9 Å². The molecule has 24 heavy (non-hydrogen) atoms. The standard InChI is InChI=1S/C15H31NO7S/c1-4-6-8-21-10-15(11-24(19,20)16-3)13(22-9-7-5-2)12(17)14(18)23-15/h12-14,16-18H,4-11H2,1-3H3/t12-,13?,14-,15-/m0/s1. The van der Waals surface area contributed by atoms with Crippen LogP contribution in [-0.4, -0.2) is 75.4 Å². The van der Waals surface area contributed by atoms with Crippen LogP contribution >= 0.6 is 0 Å². The van der Waals surface area contributed by atoms with Crippen LogP contribution in [0.4, 0.5) is 0 Å². The lowest BCUT2D eigenvalue weighted by Gasteiger charge is -2.33. The van der Waals surface area contributed by atoms with E-state index in [0.717, 1.165) is 25.7 Å². The predicted octanol–water partition coefficient (Wildman–Crippen LogP) is -0.0141. The second-order valence-electron chi connectivity index (χ2n) is 6.08. The summed E-state index contributed by atoms with van der Waals surface area (Å²) in [5.74, 6) is -0.465. The third-order valence-corrected chi connectivity index (χ3v) is 5.50. The van der Waals surface area contributed by atoms with Gasteiger partial charge in [0, 0.05) is 13.2 Å². The first-order valence-corrected chi connectivity index (χ1v) is 10.1. The Balaban J connectivity index is 2.97. The van der Waals surface area contributed by atoms with Crippen molar-refractivity contribution in [1.29, 1.82) is 0 Å². The van der Waals surface area contributed by atoms with Gasteiger partial charge in [-0.2, -0.15) is 0 Å². The highest BCUT2D eigenvalue weighted by Crippen LogP contribution is 2.34. The molecule has 1 heterocycles. The van der Waals surface area contributed by atoms with Gasteiger partial charge in [0.15, 0.2) is 6.29 Å². The Hall–Kier alpha value is -0.290. The maximum Gasteiger partial charge on any atom is 0.214 e. The summed E-state index contributed by atoms with van der Waals surface area (Å²) in [6, 6.07) is 0. The minimum absolute atomic E-state index is 0.0845. The summed E-state index contributed by atoms with van der Waals surface area (Å²) in [5.41, 5.74) is -1.46. The van der Waals surface area contributed by atoms with Gasteiger partial charge >= 0.3 is 0 Å². The zero-order valence-electron chi connectivity index (χ0n) is 14.7.